The van der Waals surface area contributed by atoms with E-state index in [-0.39, 0.29) is 17.8 Å². The summed E-state index contributed by atoms with van der Waals surface area (Å²) in [6.07, 6.45) is 0.409. The quantitative estimate of drug-likeness (QED) is 0.718. The lowest BCUT2D eigenvalue weighted by molar-refractivity contribution is -0.154. The second kappa shape index (κ2) is 6.30. The topological polar surface area (TPSA) is 46.5 Å². The molecule has 0 aliphatic heterocycles. The van der Waals surface area contributed by atoms with E-state index in [9.17, 15) is 4.79 Å². The van der Waals surface area contributed by atoms with E-state index in [4.69, 9.17) is 9.84 Å². The van der Waals surface area contributed by atoms with Gasteiger partial charge in [0.2, 0.25) is 0 Å². The van der Waals surface area contributed by atoms with Gasteiger partial charge in [-0.3, -0.25) is 4.79 Å². The largest absolute Gasteiger partial charge is 0.460 e. The first-order valence-corrected chi connectivity index (χ1v) is 5.84. The fraction of sp³-hybridized carbons (Fsp3) is 0.900. The van der Waals surface area contributed by atoms with Gasteiger partial charge in [0.05, 0.1) is 13.0 Å². The molecule has 1 N–H and O–H groups in total. The molecule has 0 rings (SSSR count). The van der Waals surface area contributed by atoms with Crippen molar-refractivity contribution in [2.75, 3.05) is 12.4 Å². The first kappa shape index (κ1) is 13.8. The molecule has 0 amide bonds. The van der Waals surface area contributed by atoms with Crippen molar-refractivity contribution in [3.8, 4) is 0 Å². The number of carbonyl (C=O) groups is 1. The Labute approximate surface area is 90.2 Å². The molecule has 1 atom stereocenters. The summed E-state index contributed by atoms with van der Waals surface area (Å²) in [7, 11) is 0. The maximum absolute atomic E-state index is 11.2. The van der Waals surface area contributed by atoms with E-state index >= 15 is 0 Å². The van der Waals surface area contributed by atoms with Crippen LogP contribution in [0.5, 0.6) is 0 Å². The third-order valence-electron chi connectivity index (χ3n) is 1.39. The number of carbonyl (C=O) groups excluding carboxylic acids is 1. The lowest BCUT2D eigenvalue weighted by Gasteiger charge is -2.19. The van der Waals surface area contributed by atoms with E-state index in [1.165, 1.54) is 0 Å². The molecule has 4 heteroatoms. The minimum atomic E-state index is -0.398. The molecule has 0 aromatic rings. The van der Waals surface area contributed by atoms with Crippen molar-refractivity contribution in [2.24, 2.45) is 0 Å². The highest BCUT2D eigenvalue weighted by molar-refractivity contribution is 7.99. The zero-order chi connectivity index (χ0) is 11.2. The fourth-order valence-electron chi connectivity index (χ4n) is 0.789. The molecular weight excluding hydrogens is 200 g/mol. The van der Waals surface area contributed by atoms with Crippen LogP contribution in [0.4, 0.5) is 0 Å². The van der Waals surface area contributed by atoms with Crippen LogP contribution in [0.15, 0.2) is 0 Å². The number of ether oxygens (including phenoxy) is 1. The van der Waals surface area contributed by atoms with Gasteiger partial charge >= 0.3 is 5.97 Å². The summed E-state index contributed by atoms with van der Waals surface area (Å²) in [6.45, 7) is 7.65. The monoisotopic (exact) mass is 220 g/mol. The SMILES string of the molecule is CC(CO)SCCC(=O)OC(C)(C)C. The molecule has 0 fully saturated rings. The molecule has 0 bridgehead atoms. The standard InChI is InChI=1S/C10H20O3S/c1-8(7-11)14-6-5-9(12)13-10(2,3)4/h8,11H,5-7H2,1-4H3. The van der Waals surface area contributed by atoms with Gasteiger partial charge in [0.1, 0.15) is 5.60 Å². The smallest absolute Gasteiger partial charge is 0.307 e. The first-order chi connectivity index (χ1) is 6.35. The third kappa shape index (κ3) is 8.38. The summed E-state index contributed by atoms with van der Waals surface area (Å²) in [5.41, 5.74) is -0.398. The van der Waals surface area contributed by atoms with Gasteiger partial charge in [-0.1, -0.05) is 6.92 Å². The van der Waals surface area contributed by atoms with Gasteiger partial charge in [-0.05, 0) is 20.8 Å². The zero-order valence-corrected chi connectivity index (χ0v) is 10.2. The number of aliphatic hydroxyl groups is 1. The van der Waals surface area contributed by atoms with Crippen molar-refractivity contribution in [1.82, 2.24) is 0 Å². The van der Waals surface area contributed by atoms with Gasteiger partial charge in [0, 0.05) is 11.0 Å². The fourth-order valence-corrected chi connectivity index (χ4v) is 1.58. The summed E-state index contributed by atoms with van der Waals surface area (Å²) in [4.78, 5) is 11.2. The average Bonchev–Trinajstić information content (AvgIpc) is 2.00. The van der Waals surface area contributed by atoms with Crippen LogP contribution >= 0.6 is 11.8 Å². The zero-order valence-electron chi connectivity index (χ0n) is 9.37. The second-order valence-electron chi connectivity index (χ2n) is 4.20. The summed E-state index contributed by atoms with van der Waals surface area (Å²) in [5.74, 6) is 0.534. The summed E-state index contributed by atoms with van der Waals surface area (Å²) < 4.78 is 5.14. The second-order valence-corrected chi connectivity index (χ2v) is 5.75. The molecule has 14 heavy (non-hydrogen) atoms. The van der Waals surface area contributed by atoms with Gasteiger partial charge in [-0.2, -0.15) is 11.8 Å². The van der Waals surface area contributed by atoms with Crippen LogP contribution in [0.1, 0.15) is 34.1 Å². The molecule has 0 aliphatic carbocycles. The average molecular weight is 220 g/mol. The van der Waals surface area contributed by atoms with Crippen LogP contribution in [0.3, 0.4) is 0 Å². The minimum absolute atomic E-state index is 0.152. The van der Waals surface area contributed by atoms with E-state index in [1.807, 2.05) is 27.7 Å². The number of thioether (sulfide) groups is 1. The van der Waals surface area contributed by atoms with E-state index in [0.29, 0.717) is 12.2 Å². The molecule has 0 aliphatic rings. The van der Waals surface area contributed by atoms with Crippen LogP contribution in [-0.4, -0.2) is 34.3 Å². The molecule has 0 saturated heterocycles. The highest BCUT2D eigenvalue weighted by Gasteiger charge is 2.15. The maximum Gasteiger partial charge on any atom is 0.307 e. The third-order valence-corrected chi connectivity index (χ3v) is 2.54. The Hall–Kier alpha value is -0.220. The molecule has 3 nitrogen and oxygen atoms in total. The number of hydrogen-bond donors (Lipinski definition) is 1. The predicted molar refractivity (Wildman–Crippen MR) is 59.5 cm³/mol. The molecule has 84 valence electrons. The Morgan fingerprint density at radius 2 is 2.07 bits per heavy atom. The summed E-state index contributed by atoms with van der Waals surface area (Å²) >= 11 is 1.58. The maximum atomic E-state index is 11.2. The number of aliphatic hydroxyl groups excluding tert-OH is 1. The van der Waals surface area contributed by atoms with Gasteiger partial charge in [-0.15, -0.1) is 0 Å². The van der Waals surface area contributed by atoms with Crippen molar-refractivity contribution in [3.63, 3.8) is 0 Å². The molecule has 0 radical (unpaired) electrons. The Morgan fingerprint density at radius 1 is 1.50 bits per heavy atom. The highest BCUT2D eigenvalue weighted by Crippen LogP contribution is 2.13. The summed E-state index contributed by atoms with van der Waals surface area (Å²) in [6, 6.07) is 0. The Balaban J connectivity index is 3.55. The van der Waals surface area contributed by atoms with Crippen molar-refractivity contribution in [3.05, 3.63) is 0 Å². The highest BCUT2D eigenvalue weighted by atomic mass is 32.2. The number of esters is 1. The number of hydrogen-bond acceptors (Lipinski definition) is 4. The molecule has 0 spiro atoms. The van der Waals surface area contributed by atoms with Crippen molar-refractivity contribution in [1.29, 1.82) is 0 Å². The van der Waals surface area contributed by atoms with Gasteiger partial charge in [0.15, 0.2) is 0 Å². The Bertz CT molecular complexity index is 175. The Kier molecular flexibility index (Phi) is 6.20. The van der Waals surface area contributed by atoms with Crippen LogP contribution < -0.4 is 0 Å². The van der Waals surface area contributed by atoms with Crippen LogP contribution in [0.25, 0.3) is 0 Å². The predicted octanol–water partition coefficient (Wildman–Crippen LogP) is 1.83. The van der Waals surface area contributed by atoms with E-state index < -0.39 is 5.60 Å². The van der Waals surface area contributed by atoms with Crippen molar-refractivity contribution >= 4 is 17.7 Å². The molecule has 0 aromatic carbocycles. The van der Waals surface area contributed by atoms with E-state index in [1.54, 1.807) is 11.8 Å². The van der Waals surface area contributed by atoms with Gasteiger partial charge in [-0.25, -0.2) is 0 Å². The van der Waals surface area contributed by atoms with E-state index in [2.05, 4.69) is 0 Å². The van der Waals surface area contributed by atoms with Crippen molar-refractivity contribution in [2.45, 2.75) is 45.0 Å². The number of rotatable bonds is 5. The molecule has 0 saturated carbocycles. The normalized spacial score (nSPS) is 13.8. The molecule has 0 aromatic heterocycles. The Morgan fingerprint density at radius 3 is 2.50 bits per heavy atom. The molecule has 1 unspecified atom stereocenters. The summed E-state index contributed by atoms with van der Waals surface area (Å²) in [5, 5.41) is 8.94. The lowest BCUT2D eigenvalue weighted by atomic mass is 10.2. The van der Waals surface area contributed by atoms with Crippen LogP contribution in [0, 0.1) is 0 Å². The van der Waals surface area contributed by atoms with Crippen LogP contribution in [-0.2, 0) is 9.53 Å². The lowest BCUT2D eigenvalue weighted by Crippen LogP contribution is -2.24. The minimum Gasteiger partial charge on any atom is -0.460 e. The van der Waals surface area contributed by atoms with Gasteiger partial charge in [0.25, 0.3) is 0 Å². The van der Waals surface area contributed by atoms with Crippen LogP contribution in [0.2, 0.25) is 0 Å². The van der Waals surface area contributed by atoms with Gasteiger partial charge < -0.3 is 9.84 Å². The van der Waals surface area contributed by atoms with E-state index in [0.717, 1.165) is 0 Å². The molecular formula is C10H20O3S. The first-order valence-electron chi connectivity index (χ1n) is 4.79. The molecule has 0 heterocycles. The van der Waals surface area contributed by atoms with Crippen molar-refractivity contribution < 1.29 is 14.6 Å².